The van der Waals surface area contributed by atoms with Crippen LogP contribution in [0.15, 0.2) is 24.3 Å². The molecule has 0 spiro atoms. The number of hydrogen-bond acceptors (Lipinski definition) is 6. The van der Waals surface area contributed by atoms with E-state index in [4.69, 9.17) is 4.74 Å². The van der Waals surface area contributed by atoms with Crippen LogP contribution in [-0.2, 0) is 24.2 Å². The van der Waals surface area contributed by atoms with E-state index in [1.54, 1.807) is 0 Å². The number of ether oxygens (including phenoxy) is 1. The minimum atomic E-state index is -0.0979. The fraction of sp³-hybridized carbons (Fsp3) is 0.471. The lowest BCUT2D eigenvalue weighted by atomic mass is 10.1. The molecule has 6 nitrogen and oxygen atoms in total. The zero-order valence-corrected chi connectivity index (χ0v) is 14.6. The first-order chi connectivity index (χ1) is 11.8. The minimum absolute atomic E-state index is 0.0979. The van der Waals surface area contributed by atoms with E-state index in [0.717, 1.165) is 62.1 Å². The van der Waals surface area contributed by atoms with Gasteiger partial charge in [-0.05, 0) is 29.1 Å². The van der Waals surface area contributed by atoms with Crippen molar-refractivity contribution >= 4 is 17.4 Å². The summed E-state index contributed by atoms with van der Waals surface area (Å²) in [4.78, 5) is 15.2. The van der Waals surface area contributed by atoms with E-state index in [9.17, 15) is 4.79 Å². The SMILES string of the molecule is CCc1nnsc1C(=O)NCc1ccc(CN2CCOCC2)cc1. The summed E-state index contributed by atoms with van der Waals surface area (Å²) in [5.41, 5.74) is 3.13. The summed E-state index contributed by atoms with van der Waals surface area (Å²) in [5.74, 6) is -0.0979. The lowest BCUT2D eigenvalue weighted by Crippen LogP contribution is -2.35. The zero-order valence-electron chi connectivity index (χ0n) is 13.8. The molecule has 1 aromatic heterocycles. The highest BCUT2D eigenvalue weighted by Gasteiger charge is 2.14. The summed E-state index contributed by atoms with van der Waals surface area (Å²) < 4.78 is 9.22. The number of rotatable bonds is 6. The quantitative estimate of drug-likeness (QED) is 0.865. The normalized spacial score (nSPS) is 15.4. The van der Waals surface area contributed by atoms with Gasteiger partial charge in [-0.2, -0.15) is 0 Å². The van der Waals surface area contributed by atoms with Crippen molar-refractivity contribution in [2.75, 3.05) is 26.3 Å². The third-order valence-electron chi connectivity index (χ3n) is 4.08. The second-order valence-corrected chi connectivity index (χ2v) is 6.54. The van der Waals surface area contributed by atoms with Gasteiger partial charge in [0.15, 0.2) is 0 Å². The molecule has 7 heteroatoms. The van der Waals surface area contributed by atoms with Crippen LogP contribution in [0.1, 0.15) is 33.4 Å². The van der Waals surface area contributed by atoms with Crippen molar-refractivity contribution in [3.05, 3.63) is 46.0 Å². The summed E-state index contributed by atoms with van der Waals surface area (Å²) >= 11 is 1.15. The second-order valence-electron chi connectivity index (χ2n) is 5.79. The molecule has 0 radical (unpaired) electrons. The lowest BCUT2D eigenvalue weighted by Gasteiger charge is -2.26. The third kappa shape index (κ3) is 4.37. The maximum atomic E-state index is 12.2. The molecule has 24 heavy (non-hydrogen) atoms. The molecule has 0 saturated carbocycles. The number of carbonyl (C=O) groups excluding carboxylic acids is 1. The van der Waals surface area contributed by atoms with Gasteiger partial charge < -0.3 is 10.1 Å². The number of carbonyl (C=O) groups is 1. The molecule has 1 amide bonds. The Balaban J connectivity index is 1.51. The molecular weight excluding hydrogens is 324 g/mol. The van der Waals surface area contributed by atoms with Gasteiger partial charge in [0, 0.05) is 26.2 Å². The van der Waals surface area contributed by atoms with Crippen LogP contribution in [0.25, 0.3) is 0 Å². The Kier molecular flexibility index (Phi) is 5.90. The highest BCUT2D eigenvalue weighted by atomic mass is 32.1. The molecule has 0 aliphatic carbocycles. The predicted molar refractivity (Wildman–Crippen MR) is 93.0 cm³/mol. The van der Waals surface area contributed by atoms with E-state index in [-0.39, 0.29) is 5.91 Å². The Bertz CT molecular complexity index is 665. The van der Waals surface area contributed by atoms with Crippen molar-refractivity contribution in [2.45, 2.75) is 26.4 Å². The van der Waals surface area contributed by atoms with Crippen molar-refractivity contribution in [1.29, 1.82) is 0 Å². The molecule has 1 N–H and O–H groups in total. The first-order valence-electron chi connectivity index (χ1n) is 8.23. The number of hydrogen-bond donors (Lipinski definition) is 1. The van der Waals surface area contributed by atoms with Crippen molar-refractivity contribution < 1.29 is 9.53 Å². The standard InChI is InChI=1S/C17H22N4O2S/c1-2-15-16(24-20-19-15)17(22)18-11-13-3-5-14(6-4-13)12-21-7-9-23-10-8-21/h3-6H,2,7-12H2,1H3,(H,18,22). The van der Waals surface area contributed by atoms with Gasteiger partial charge in [-0.25, -0.2) is 0 Å². The van der Waals surface area contributed by atoms with E-state index in [1.807, 2.05) is 6.92 Å². The number of amides is 1. The highest BCUT2D eigenvalue weighted by Crippen LogP contribution is 2.12. The average Bonchev–Trinajstić information content (AvgIpc) is 3.10. The summed E-state index contributed by atoms with van der Waals surface area (Å²) in [6, 6.07) is 8.40. The molecule has 128 valence electrons. The second kappa shape index (κ2) is 8.32. The minimum Gasteiger partial charge on any atom is -0.379 e. The molecule has 1 aliphatic heterocycles. The molecular formula is C17H22N4O2S. The number of benzene rings is 1. The molecule has 3 rings (SSSR count). The number of morpholine rings is 1. The Labute approximate surface area is 146 Å². The monoisotopic (exact) mass is 346 g/mol. The van der Waals surface area contributed by atoms with Crippen molar-refractivity contribution in [3.63, 3.8) is 0 Å². The van der Waals surface area contributed by atoms with Crippen LogP contribution >= 0.6 is 11.5 Å². The molecule has 2 heterocycles. The maximum absolute atomic E-state index is 12.2. The van der Waals surface area contributed by atoms with Crippen LogP contribution in [-0.4, -0.2) is 46.7 Å². The highest BCUT2D eigenvalue weighted by molar-refractivity contribution is 7.08. The molecule has 0 unspecified atom stereocenters. The van der Waals surface area contributed by atoms with Crippen LogP contribution in [0.3, 0.4) is 0 Å². The van der Waals surface area contributed by atoms with E-state index in [2.05, 4.69) is 44.1 Å². The molecule has 1 saturated heterocycles. The first kappa shape index (κ1) is 17.0. The molecule has 1 aromatic carbocycles. The van der Waals surface area contributed by atoms with Gasteiger partial charge in [0.2, 0.25) is 0 Å². The Morgan fingerprint density at radius 2 is 1.96 bits per heavy atom. The van der Waals surface area contributed by atoms with Gasteiger partial charge in [-0.15, -0.1) is 5.10 Å². The van der Waals surface area contributed by atoms with Gasteiger partial charge in [-0.1, -0.05) is 35.7 Å². The number of aromatic nitrogens is 2. The zero-order chi connectivity index (χ0) is 16.8. The van der Waals surface area contributed by atoms with Crippen LogP contribution in [0, 0.1) is 0 Å². The lowest BCUT2D eigenvalue weighted by molar-refractivity contribution is 0.0342. The van der Waals surface area contributed by atoms with Gasteiger partial charge in [0.25, 0.3) is 5.91 Å². The van der Waals surface area contributed by atoms with Crippen molar-refractivity contribution in [1.82, 2.24) is 19.8 Å². The molecule has 0 bridgehead atoms. The largest absolute Gasteiger partial charge is 0.379 e. The van der Waals surface area contributed by atoms with Crippen LogP contribution < -0.4 is 5.32 Å². The van der Waals surface area contributed by atoms with Gasteiger partial charge in [0.1, 0.15) is 4.88 Å². The predicted octanol–water partition coefficient (Wildman–Crippen LogP) is 1.86. The fourth-order valence-electron chi connectivity index (χ4n) is 2.66. The Hall–Kier alpha value is -1.83. The van der Waals surface area contributed by atoms with E-state index in [1.165, 1.54) is 5.56 Å². The van der Waals surface area contributed by atoms with Gasteiger partial charge in [-0.3, -0.25) is 9.69 Å². The summed E-state index contributed by atoms with van der Waals surface area (Å²) in [7, 11) is 0. The first-order valence-corrected chi connectivity index (χ1v) is 9.01. The third-order valence-corrected chi connectivity index (χ3v) is 4.85. The summed E-state index contributed by atoms with van der Waals surface area (Å²) in [6.07, 6.45) is 0.718. The van der Waals surface area contributed by atoms with E-state index in [0.29, 0.717) is 11.4 Å². The van der Waals surface area contributed by atoms with Gasteiger partial charge in [0.05, 0.1) is 18.9 Å². The summed E-state index contributed by atoms with van der Waals surface area (Å²) in [5, 5.41) is 6.91. The maximum Gasteiger partial charge on any atom is 0.265 e. The summed E-state index contributed by atoms with van der Waals surface area (Å²) in [6.45, 7) is 7.04. The topological polar surface area (TPSA) is 67.4 Å². The fourth-order valence-corrected chi connectivity index (χ4v) is 3.32. The molecule has 1 fully saturated rings. The average molecular weight is 346 g/mol. The smallest absolute Gasteiger partial charge is 0.265 e. The number of nitrogens with zero attached hydrogens (tertiary/aromatic N) is 3. The number of aryl methyl sites for hydroxylation is 1. The van der Waals surface area contributed by atoms with Crippen LogP contribution in [0.2, 0.25) is 0 Å². The Morgan fingerprint density at radius 3 is 2.67 bits per heavy atom. The number of nitrogens with one attached hydrogen (secondary N) is 1. The van der Waals surface area contributed by atoms with Crippen molar-refractivity contribution in [2.24, 2.45) is 0 Å². The Morgan fingerprint density at radius 1 is 1.25 bits per heavy atom. The molecule has 2 aromatic rings. The molecule has 1 aliphatic rings. The van der Waals surface area contributed by atoms with Crippen molar-refractivity contribution in [3.8, 4) is 0 Å². The van der Waals surface area contributed by atoms with E-state index >= 15 is 0 Å². The van der Waals surface area contributed by atoms with Crippen LogP contribution in [0.4, 0.5) is 0 Å². The van der Waals surface area contributed by atoms with Crippen LogP contribution in [0.5, 0.6) is 0 Å². The van der Waals surface area contributed by atoms with E-state index < -0.39 is 0 Å². The molecule has 0 atom stereocenters. The van der Waals surface area contributed by atoms with Gasteiger partial charge >= 0.3 is 0 Å².